The molecule has 0 aromatic carbocycles. The van der Waals surface area contributed by atoms with Gasteiger partial charge in [0.1, 0.15) is 5.82 Å². The van der Waals surface area contributed by atoms with Crippen LogP contribution in [0.2, 0.25) is 4.34 Å². The van der Waals surface area contributed by atoms with Crippen LogP contribution in [0.15, 0.2) is 24.3 Å². The van der Waals surface area contributed by atoms with Gasteiger partial charge in [-0.1, -0.05) is 11.6 Å². The Balaban J connectivity index is 2.02. The van der Waals surface area contributed by atoms with Gasteiger partial charge in [0, 0.05) is 18.5 Å². The summed E-state index contributed by atoms with van der Waals surface area (Å²) in [5.41, 5.74) is 0.330. The summed E-state index contributed by atoms with van der Waals surface area (Å²) in [7, 11) is 1.73. The quantitative estimate of drug-likeness (QED) is 0.922. The van der Waals surface area contributed by atoms with Crippen molar-refractivity contribution in [1.82, 2.24) is 15.1 Å². The molecule has 5 nitrogen and oxygen atoms in total. The third-order valence-corrected chi connectivity index (χ3v) is 3.83. The number of anilines is 1. The molecule has 106 valence electrons. The summed E-state index contributed by atoms with van der Waals surface area (Å²) >= 11 is 7.34. The molecular weight excluding hydrogens is 296 g/mol. The molecule has 0 unspecified atom stereocenters. The highest BCUT2D eigenvalue weighted by molar-refractivity contribution is 7.16. The van der Waals surface area contributed by atoms with Gasteiger partial charge in [0.25, 0.3) is 5.91 Å². The van der Waals surface area contributed by atoms with Gasteiger partial charge in [0.2, 0.25) is 0 Å². The summed E-state index contributed by atoms with van der Waals surface area (Å²) in [4.78, 5) is 14.8. The van der Waals surface area contributed by atoms with E-state index in [0.717, 1.165) is 15.8 Å². The summed E-state index contributed by atoms with van der Waals surface area (Å²) in [6, 6.07) is 7.16. The highest BCUT2D eigenvalue weighted by Gasteiger charge is 2.14. The van der Waals surface area contributed by atoms with E-state index < -0.39 is 0 Å². The van der Waals surface area contributed by atoms with E-state index in [1.165, 1.54) is 11.3 Å². The zero-order chi connectivity index (χ0) is 14.5. The smallest absolute Gasteiger partial charge is 0.274 e. The minimum Gasteiger partial charge on any atom is -0.369 e. The summed E-state index contributed by atoms with van der Waals surface area (Å²) in [5.74, 6) is 0.502. The van der Waals surface area contributed by atoms with Gasteiger partial charge >= 0.3 is 0 Å². The van der Waals surface area contributed by atoms with Crippen molar-refractivity contribution in [3.63, 3.8) is 0 Å². The fraction of sp³-hybridized carbons (Fsp3) is 0.308. The molecular formula is C13H15ClN4OS. The second-order valence-corrected chi connectivity index (χ2v) is 6.00. The van der Waals surface area contributed by atoms with Crippen LogP contribution in [0.1, 0.15) is 22.3 Å². The Hall–Kier alpha value is -1.66. The molecule has 2 heterocycles. The van der Waals surface area contributed by atoms with Gasteiger partial charge in [-0.3, -0.25) is 4.79 Å². The molecule has 0 atom stereocenters. The first-order chi connectivity index (χ1) is 9.60. The van der Waals surface area contributed by atoms with Crippen LogP contribution in [0.3, 0.4) is 0 Å². The molecule has 0 saturated heterocycles. The molecule has 0 fully saturated rings. The lowest BCUT2D eigenvalue weighted by molar-refractivity contribution is 0.0779. The minimum atomic E-state index is -0.162. The monoisotopic (exact) mass is 310 g/mol. The molecule has 7 heteroatoms. The largest absolute Gasteiger partial charge is 0.369 e. The predicted molar refractivity (Wildman–Crippen MR) is 81.3 cm³/mol. The lowest BCUT2D eigenvalue weighted by Gasteiger charge is -2.15. The van der Waals surface area contributed by atoms with E-state index in [4.69, 9.17) is 11.6 Å². The second kappa shape index (κ2) is 6.67. The number of aromatic nitrogens is 2. The highest BCUT2D eigenvalue weighted by atomic mass is 35.5. The minimum absolute atomic E-state index is 0.162. The van der Waals surface area contributed by atoms with Crippen molar-refractivity contribution in [3.8, 4) is 0 Å². The van der Waals surface area contributed by atoms with Crippen molar-refractivity contribution >= 4 is 34.7 Å². The molecule has 2 rings (SSSR count). The molecule has 0 bridgehead atoms. The Morgan fingerprint density at radius 1 is 1.35 bits per heavy atom. The van der Waals surface area contributed by atoms with Crippen molar-refractivity contribution in [2.45, 2.75) is 13.5 Å². The van der Waals surface area contributed by atoms with Crippen molar-refractivity contribution in [3.05, 3.63) is 39.2 Å². The normalized spacial score (nSPS) is 10.3. The Labute approximate surface area is 126 Å². The number of thiophene rings is 1. The fourth-order valence-electron chi connectivity index (χ4n) is 1.66. The number of nitrogens with zero attached hydrogens (tertiary/aromatic N) is 3. The summed E-state index contributed by atoms with van der Waals surface area (Å²) < 4.78 is 0.718. The Morgan fingerprint density at radius 2 is 2.15 bits per heavy atom. The maximum Gasteiger partial charge on any atom is 0.274 e. The molecule has 0 saturated carbocycles. The SMILES string of the molecule is CCNc1ccc(C(=O)N(C)Cc2ccc(Cl)s2)nn1. The van der Waals surface area contributed by atoms with E-state index in [1.54, 1.807) is 24.1 Å². The third kappa shape index (κ3) is 3.68. The van der Waals surface area contributed by atoms with Crippen LogP contribution in [0, 0.1) is 0 Å². The first-order valence-electron chi connectivity index (χ1n) is 6.17. The number of carbonyl (C=O) groups excluding carboxylic acids is 1. The van der Waals surface area contributed by atoms with E-state index >= 15 is 0 Å². The van der Waals surface area contributed by atoms with Crippen LogP contribution < -0.4 is 5.32 Å². The van der Waals surface area contributed by atoms with Crippen molar-refractivity contribution in [2.75, 3.05) is 18.9 Å². The summed E-state index contributed by atoms with van der Waals surface area (Å²) in [6.07, 6.45) is 0. The lowest BCUT2D eigenvalue weighted by Crippen LogP contribution is -2.27. The van der Waals surface area contributed by atoms with Gasteiger partial charge in [-0.25, -0.2) is 0 Å². The molecule has 20 heavy (non-hydrogen) atoms. The van der Waals surface area contributed by atoms with Crippen LogP contribution in [-0.4, -0.2) is 34.6 Å². The van der Waals surface area contributed by atoms with Gasteiger partial charge in [-0.2, -0.15) is 0 Å². The Kier molecular flexibility index (Phi) is 4.92. The standard InChI is InChI=1S/C13H15ClN4OS/c1-3-15-12-7-5-10(16-17-12)13(19)18(2)8-9-4-6-11(14)20-9/h4-7H,3,8H2,1-2H3,(H,15,17). The first-order valence-corrected chi connectivity index (χ1v) is 7.37. The maximum atomic E-state index is 12.2. The molecule has 2 aromatic heterocycles. The topological polar surface area (TPSA) is 58.1 Å². The fourth-order valence-corrected chi connectivity index (χ4v) is 2.80. The number of carbonyl (C=O) groups is 1. The number of hydrogen-bond donors (Lipinski definition) is 1. The highest BCUT2D eigenvalue weighted by Crippen LogP contribution is 2.22. The molecule has 0 spiro atoms. The zero-order valence-corrected chi connectivity index (χ0v) is 12.8. The van der Waals surface area contributed by atoms with Gasteiger partial charge in [-0.15, -0.1) is 21.5 Å². The van der Waals surface area contributed by atoms with Crippen LogP contribution in [0.4, 0.5) is 5.82 Å². The number of amides is 1. The van der Waals surface area contributed by atoms with Crippen LogP contribution in [-0.2, 0) is 6.54 Å². The van der Waals surface area contributed by atoms with Gasteiger partial charge in [-0.05, 0) is 31.2 Å². The van der Waals surface area contributed by atoms with Crippen LogP contribution in [0.25, 0.3) is 0 Å². The summed E-state index contributed by atoms with van der Waals surface area (Å²) in [5, 5.41) is 10.9. The molecule has 0 aliphatic heterocycles. The van der Waals surface area contributed by atoms with E-state index in [1.807, 2.05) is 19.1 Å². The Bertz CT molecular complexity index is 584. The third-order valence-electron chi connectivity index (χ3n) is 2.61. The number of rotatable bonds is 5. The summed E-state index contributed by atoms with van der Waals surface area (Å²) in [6.45, 7) is 3.24. The van der Waals surface area contributed by atoms with E-state index in [9.17, 15) is 4.79 Å². The average molecular weight is 311 g/mol. The molecule has 0 aliphatic rings. The van der Waals surface area contributed by atoms with Gasteiger partial charge in [0.05, 0.1) is 10.9 Å². The van der Waals surface area contributed by atoms with Crippen molar-refractivity contribution in [2.24, 2.45) is 0 Å². The van der Waals surface area contributed by atoms with E-state index in [0.29, 0.717) is 18.1 Å². The molecule has 1 amide bonds. The second-order valence-electron chi connectivity index (χ2n) is 4.20. The van der Waals surface area contributed by atoms with Crippen LogP contribution >= 0.6 is 22.9 Å². The zero-order valence-electron chi connectivity index (χ0n) is 11.3. The van der Waals surface area contributed by atoms with E-state index in [2.05, 4.69) is 15.5 Å². The van der Waals surface area contributed by atoms with Crippen LogP contribution in [0.5, 0.6) is 0 Å². The van der Waals surface area contributed by atoms with Crippen molar-refractivity contribution in [1.29, 1.82) is 0 Å². The number of hydrogen-bond acceptors (Lipinski definition) is 5. The van der Waals surface area contributed by atoms with Crippen molar-refractivity contribution < 1.29 is 4.79 Å². The number of nitrogens with one attached hydrogen (secondary N) is 1. The molecule has 0 radical (unpaired) electrons. The van der Waals surface area contributed by atoms with Gasteiger partial charge < -0.3 is 10.2 Å². The first kappa shape index (κ1) is 14.7. The molecule has 0 aliphatic carbocycles. The lowest BCUT2D eigenvalue weighted by atomic mass is 10.3. The van der Waals surface area contributed by atoms with E-state index in [-0.39, 0.29) is 5.91 Å². The Morgan fingerprint density at radius 3 is 2.70 bits per heavy atom. The molecule has 2 aromatic rings. The predicted octanol–water partition coefficient (Wildman–Crippen LogP) is 2.90. The van der Waals surface area contributed by atoms with Gasteiger partial charge in [0.15, 0.2) is 5.69 Å². The average Bonchev–Trinajstić information content (AvgIpc) is 2.84. The molecule has 1 N–H and O–H groups in total. The maximum absolute atomic E-state index is 12.2. The number of halogens is 1.